The summed E-state index contributed by atoms with van der Waals surface area (Å²) in [5, 5.41) is 3.44. The van der Waals surface area contributed by atoms with Crippen molar-refractivity contribution in [2.75, 3.05) is 0 Å². The fraction of sp³-hybridized carbons (Fsp3) is 0.929. The molecule has 0 saturated heterocycles. The average Bonchev–Trinajstić information content (AvgIpc) is 1.96. The summed E-state index contributed by atoms with van der Waals surface area (Å²) in [7, 11) is 0. The van der Waals surface area contributed by atoms with Crippen LogP contribution in [0.25, 0.3) is 0 Å². The summed E-state index contributed by atoms with van der Waals surface area (Å²) in [6, 6.07) is -0.0278. The third-order valence-corrected chi connectivity index (χ3v) is 2.37. The van der Waals surface area contributed by atoms with E-state index in [1.54, 1.807) is 0 Å². The molecule has 0 aliphatic rings. The molecule has 16 heavy (non-hydrogen) atoms. The van der Waals surface area contributed by atoms with Gasteiger partial charge in [0.2, 0.25) is 0 Å². The van der Waals surface area contributed by atoms with Gasteiger partial charge in [-0.05, 0) is 33.1 Å². The smallest absolute Gasteiger partial charge is 0.155 e. The minimum Gasteiger partial charge on any atom is -0.303 e. The monoisotopic (exact) mass is 227 g/mol. The Morgan fingerprint density at radius 3 is 1.75 bits per heavy atom. The molecular formula is C14H29NO. The number of hydrogen-bond acceptors (Lipinski definition) is 2. The van der Waals surface area contributed by atoms with E-state index in [1.807, 2.05) is 20.8 Å². The summed E-state index contributed by atoms with van der Waals surface area (Å²) < 4.78 is 0. The third kappa shape index (κ3) is 6.26. The van der Waals surface area contributed by atoms with E-state index in [0.29, 0.717) is 11.7 Å². The predicted octanol–water partition coefficient (Wildman–Crippen LogP) is 3.40. The molecule has 0 unspecified atom stereocenters. The number of carbonyl (C=O) groups is 1. The second-order valence-corrected chi connectivity index (χ2v) is 7.19. The van der Waals surface area contributed by atoms with Gasteiger partial charge in [-0.3, -0.25) is 4.79 Å². The van der Waals surface area contributed by atoms with Gasteiger partial charge in [-0.2, -0.15) is 0 Å². The molecule has 0 aromatic carbocycles. The van der Waals surface area contributed by atoms with Crippen LogP contribution in [0.15, 0.2) is 0 Å². The van der Waals surface area contributed by atoms with E-state index in [-0.39, 0.29) is 17.0 Å². The number of ketones is 1. The molecule has 0 radical (unpaired) electrons. The maximum atomic E-state index is 12.3. The topological polar surface area (TPSA) is 29.1 Å². The highest BCUT2D eigenvalue weighted by molar-refractivity contribution is 5.88. The van der Waals surface area contributed by atoms with Crippen LogP contribution in [-0.4, -0.2) is 17.4 Å². The Labute approximate surface area is 101 Å². The summed E-state index contributed by atoms with van der Waals surface area (Å²) in [5.74, 6) is 0.849. The van der Waals surface area contributed by atoms with Crippen LogP contribution in [0.5, 0.6) is 0 Å². The van der Waals surface area contributed by atoms with E-state index in [0.717, 1.165) is 6.42 Å². The normalized spacial score (nSPS) is 15.3. The quantitative estimate of drug-likeness (QED) is 0.797. The van der Waals surface area contributed by atoms with Crippen LogP contribution < -0.4 is 5.32 Å². The maximum Gasteiger partial charge on any atom is 0.155 e. The van der Waals surface area contributed by atoms with Crippen molar-refractivity contribution in [2.24, 2.45) is 11.3 Å². The van der Waals surface area contributed by atoms with Gasteiger partial charge < -0.3 is 5.32 Å². The second-order valence-electron chi connectivity index (χ2n) is 7.19. The highest BCUT2D eigenvalue weighted by atomic mass is 16.1. The molecule has 0 aliphatic carbocycles. The van der Waals surface area contributed by atoms with Gasteiger partial charge in [-0.15, -0.1) is 0 Å². The lowest BCUT2D eigenvalue weighted by atomic mass is 9.83. The van der Waals surface area contributed by atoms with E-state index in [9.17, 15) is 4.79 Å². The molecule has 0 spiro atoms. The van der Waals surface area contributed by atoms with Crippen molar-refractivity contribution in [3.05, 3.63) is 0 Å². The summed E-state index contributed by atoms with van der Waals surface area (Å²) in [6.45, 7) is 16.6. The van der Waals surface area contributed by atoms with Crippen molar-refractivity contribution >= 4 is 5.78 Å². The molecule has 0 saturated carbocycles. The first-order valence-corrected chi connectivity index (χ1v) is 6.25. The van der Waals surface area contributed by atoms with Crippen LogP contribution in [0, 0.1) is 11.3 Å². The number of Topliss-reactive ketones (excluding diaryl/α,β-unsaturated/α-hetero) is 1. The molecule has 96 valence electrons. The number of carbonyl (C=O) groups excluding carboxylic acids is 1. The molecule has 0 heterocycles. The molecule has 1 N–H and O–H groups in total. The third-order valence-electron chi connectivity index (χ3n) is 2.37. The number of hydrogen-bond donors (Lipinski definition) is 1. The van der Waals surface area contributed by atoms with Gasteiger partial charge in [-0.1, -0.05) is 34.6 Å². The van der Waals surface area contributed by atoms with Gasteiger partial charge in [-0.25, -0.2) is 0 Å². The highest BCUT2D eigenvalue weighted by Gasteiger charge is 2.32. The minimum atomic E-state index is -0.266. The van der Waals surface area contributed by atoms with Crippen molar-refractivity contribution < 1.29 is 4.79 Å². The Kier molecular flexibility index (Phi) is 5.18. The lowest BCUT2D eigenvalue weighted by Gasteiger charge is -2.32. The molecule has 2 nitrogen and oxygen atoms in total. The predicted molar refractivity (Wildman–Crippen MR) is 70.6 cm³/mol. The van der Waals surface area contributed by atoms with Crippen LogP contribution in [0.1, 0.15) is 61.8 Å². The first-order chi connectivity index (χ1) is 6.93. The molecule has 0 bridgehead atoms. The van der Waals surface area contributed by atoms with Crippen LogP contribution in [-0.2, 0) is 4.79 Å². The van der Waals surface area contributed by atoms with Crippen LogP contribution in [0.4, 0.5) is 0 Å². The van der Waals surface area contributed by atoms with E-state index in [4.69, 9.17) is 0 Å². The van der Waals surface area contributed by atoms with Gasteiger partial charge >= 0.3 is 0 Å². The first kappa shape index (κ1) is 15.6. The van der Waals surface area contributed by atoms with Gasteiger partial charge in [0.1, 0.15) is 0 Å². The molecule has 0 aromatic rings. The fourth-order valence-electron chi connectivity index (χ4n) is 1.75. The minimum absolute atomic E-state index is 0.0134. The molecule has 0 aliphatic heterocycles. The van der Waals surface area contributed by atoms with Gasteiger partial charge in [0.25, 0.3) is 0 Å². The summed E-state index contributed by atoms with van der Waals surface area (Å²) in [4.78, 5) is 12.3. The Balaban J connectivity index is 4.75. The molecule has 0 fully saturated rings. The van der Waals surface area contributed by atoms with Crippen molar-refractivity contribution in [2.45, 2.75) is 73.4 Å². The largest absolute Gasteiger partial charge is 0.303 e. The molecule has 0 aromatic heterocycles. The average molecular weight is 227 g/mol. The second kappa shape index (κ2) is 5.31. The van der Waals surface area contributed by atoms with Crippen molar-refractivity contribution in [1.82, 2.24) is 5.32 Å². The van der Waals surface area contributed by atoms with Crippen molar-refractivity contribution in [3.63, 3.8) is 0 Å². The van der Waals surface area contributed by atoms with E-state index in [2.05, 4.69) is 39.9 Å². The number of nitrogens with one attached hydrogen (secondary N) is 1. The summed E-state index contributed by atoms with van der Waals surface area (Å²) >= 11 is 0. The van der Waals surface area contributed by atoms with E-state index in [1.165, 1.54) is 0 Å². The zero-order valence-corrected chi connectivity index (χ0v) is 12.3. The Morgan fingerprint density at radius 1 is 1.06 bits per heavy atom. The summed E-state index contributed by atoms with van der Waals surface area (Å²) in [5.41, 5.74) is -0.279. The van der Waals surface area contributed by atoms with E-state index < -0.39 is 0 Å². The van der Waals surface area contributed by atoms with Crippen molar-refractivity contribution in [1.29, 1.82) is 0 Å². The van der Waals surface area contributed by atoms with E-state index >= 15 is 0 Å². The van der Waals surface area contributed by atoms with Crippen LogP contribution >= 0.6 is 0 Å². The van der Waals surface area contributed by atoms with Gasteiger partial charge in [0, 0.05) is 11.0 Å². The first-order valence-electron chi connectivity index (χ1n) is 6.25. The molecular weight excluding hydrogens is 198 g/mol. The zero-order valence-electron chi connectivity index (χ0n) is 12.3. The number of rotatable bonds is 4. The molecule has 1 atom stereocenters. The Bertz CT molecular complexity index is 230. The SMILES string of the molecule is CC(C)C[C@@H](NC(C)(C)C)C(=O)C(C)(C)C. The van der Waals surface area contributed by atoms with Crippen LogP contribution in [0.3, 0.4) is 0 Å². The lowest BCUT2D eigenvalue weighted by Crippen LogP contribution is -2.51. The molecule has 2 heteroatoms. The van der Waals surface area contributed by atoms with Crippen molar-refractivity contribution in [3.8, 4) is 0 Å². The molecule has 0 rings (SSSR count). The van der Waals surface area contributed by atoms with Gasteiger partial charge in [0.15, 0.2) is 5.78 Å². The van der Waals surface area contributed by atoms with Gasteiger partial charge in [0.05, 0.1) is 6.04 Å². The Morgan fingerprint density at radius 2 is 1.50 bits per heavy atom. The zero-order chi connectivity index (χ0) is 13.1. The van der Waals surface area contributed by atoms with Crippen LogP contribution in [0.2, 0.25) is 0 Å². The Hall–Kier alpha value is -0.370. The standard InChI is InChI=1S/C14H29NO/c1-10(2)9-11(15-14(6,7)8)12(16)13(3,4)5/h10-11,15H,9H2,1-8H3/t11-/m1/s1. The summed E-state index contributed by atoms with van der Waals surface area (Å²) in [6.07, 6.45) is 0.910. The highest BCUT2D eigenvalue weighted by Crippen LogP contribution is 2.21. The fourth-order valence-corrected chi connectivity index (χ4v) is 1.75. The lowest BCUT2D eigenvalue weighted by molar-refractivity contribution is -0.129. The molecule has 0 amide bonds. The maximum absolute atomic E-state index is 12.3.